The smallest absolute Gasteiger partial charge is 0.272 e. The van der Waals surface area contributed by atoms with Gasteiger partial charge in [0.25, 0.3) is 5.91 Å². The summed E-state index contributed by atoms with van der Waals surface area (Å²) in [5.74, 6) is -0.354. The van der Waals surface area contributed by atoms with Crippen LogP contribution in [-0.2, 0) is 0 Å². The van der Waals surface area contributed by atoms with Crippen LogP contribution in [0.3, 0.4) is 0 Å². The second kappa shape index (κ2) is 7.66. The minimum absolute atomic E-state index is 0.343. The van der Waals surface area contributed by atoms with Gasteiger partial charge in [-0.2, -0.15) is 10.2 Å². The first kappa shape index (κ1) is 17.9. The largest absolute Gasteiger partial charge is 0.289 e. The third-order valence-electron chi connectivity index (χ3n) is 4.45. The maximum absolute atomic E-state index is 12.4. The number of carbonyl (C=O) groups excluding carboxylic acids is 1. The Morgan fingerprint density at radius 1 is 1.00 bits per heavy atom. The predicted octanol–water partition coefficient (Wildman–Crippen LogP) is 5.04. The van der Waals surface area contributed by atoms with Gasteiger partial charge in [0.15, 0.2) is 0 Å². The quantitative estimate of drug-likeness (QED) is 0.380. The van der Waals surface area contributed by atoms with Crippen molar-refractivity contribution in [3.05, 3.63) is 89.1 Å². The highest BCUT2D eigenvalue weighted by molar-refractivity contribution is 6.30. The molecule has 2 N–H and O–H groups in total. The standard InChI is InChI=1S/C22H17ClN4O/c1-14(15-8-10-19(23)11-9-15)24-27-22(28)21-13-20(25-26-21)18-7-6-16-4-2-3-5-17(16)12-18/h2-13H,1H3,(H,25,26)(H,27,28)/b24-14-. The van der Waals surface area contributed by atoms with Gasteiger partial charge in [0.05, 0.1) is 11.4 Å². The molecule has 0 spiro atoms. The van der Waals surface area contributed by atoms with Gasteiger partial charge < -0.3 is 0 Å². The summed E-state index contributed by atoms with van der Waals surface area (Å²) in [6.45, 7) is 1.82. The monoisotopic (exact) mass is 388 g/mol. The van der Waals surface area contributed by atoms with Gasteiger partial charge in [-0.3, -0.25) is 9.89 Å². The number of amides is 1. The molecule has 1 heterocycles. The van der Waals surface area contributed by atoms with E-state index in [4.69, 9.17) is 11.6 Å². The molecule has 28 heavy (non-hydrogen) atoms. The van der Waals surface area contributed by atoms with Crippen molar-refractivity contribution < 1.29 is 4.79 Å². The highest BCUT2D eigenvalue weighted by atomic mass is 35.5. The summed E-state index contributed by atoms with van der Waals surface area (Å²) in [4.78, 5) is 12.4. The number of hydrogen-bond donors (Lipinski definition) is 2. The van der Waals surface area contributed by atoms with Crippen molar-refractivity contribution in [2.45, 2.75) is 6.92 Å². The number of nitrogens with zero attached hydrogens (tertiary/aromatic N) is 2. The molecule has 0 saturated carbocycles. The number of hydrogen-bond acceptors (Lipinski definition) is 3. The van der Waals surface area contributed by atoms with Crippen LogP contribution < -0.4 is 5.43 Å². The van der Waals surface area contributed by atoms with Crippen LogP contribution in [0.5, 0.6) is 0 Å². The fourth-order valence-electron chi connectivity index (χ4n) is 2.89. The van der Waals surface area contributed by atoms with E-state index in [-0.39, 0.29) is 5.91 Å². The molecule has 0 radical (unpaired) electrons. The maximum atomic E-state index is 12.4. The Labute approximate surface area is 167 Å². The summed E-state index contributed by atoms with van der Waals surface area (Å²) in [5, 5.41) is 14.1. The molecule has 0 aliphatic rings. The molecule has 0 aliphatic heterocycles. The molecule has 138 valence electrons. The fourth-order valence-corrected chi connectivity index (χ4v) is 3.01. The van der Waals surface area contributed by atoms with E-state index in [1.165, 1.54) is 0 Å². The normalized spacial score (nSPS) is 11.6. The number of halogens is 1. The summed E-state index contributed by atoms with van der Waals surface area (Å²) >= 11 is 5.89. The first-order valence-electron chi connectivity index (χ1n) is 8.75. The average molecular weight is 389 g/mol. The number of H-pyrrole nitrogens is 1. The van der Waals surface area contributed by atoms with E-state index in [0.717, 1.165) is 21.9 Å². The Morgan fingerprint density at radius 2 is 1.75 bits per heavy atom. The van der Waals surface area contributed by atoms with Gasteiger partial charge in [-0.05, 0) is 47.5 Å². The summed E-state index contributed by atoms with van der Waals surface area (Å²) in [6.07, 6.45) is 0. The zero-order chi connectivity index (χ0) is 19.5. The van der Waals surface area contributed by atoms with Gasteiger partial charge in [0.1, 0.15) is 5.69 Å². The first-order valence-corrected chi connectivity index (χ1v) is 9.13. The van der Waals surface area contributed by atoms with Crippen LogP contribution in [0.15, 0.2) is 77.9 Å². The van der Waals surface area contributed by atoms with Gasteiger partial charge in [0.2, 0.25) is 0 Å². The molecule has 1 amide bonds. The van der Waals surface area contributed by atoms with Crippen LogP contribution >= 0.6 is 11.6 Å². The molecule has 0 aliphatic carbocycles. The Hall–Kier alpha value is -3.44. The second-order valence-electron chi connectivity index (χ2n) is 6.37. The Bertz CT molecular complexity index is 1180. The van der Waals surface area contributed by atoms with E-state index < -0.39 is 0 Å². The number of nitrogens with one attached hydrogen (secondary N) is 2. The summed E-state index contributed by atoms with van der Waals surface area (Å²) < 4.78 is 0. The van der Waals surface area contributed by atoms with Gasteiger partial charge in [-0.25, -0.2) is 5.43 Å². The Balaban J connectivity index is 1.50. The lowest BCUT2D eigenvalue weighted by atomic mass is 10.1. The van der Waals surface area contributed by atoms with E-state index in [0.29, 0.717) is 22.1 Å². The van der Waals surface area contributed by atoms with Gasteiger partial charge >= 0.3 is 0 Å². The van der Waals surface area contributed by atoms with E-state index in [9.17, 15) is 4.79 Å². The van der Waals surface area contributed by atoms with Crippen LogP contribution in [0.4, 0.5) is 0 Å². The number of benzene rings is 3. The summed E-state index contributed by atoms with van der Waals surface area (Å²) in [6, 6.07) is 23.2. The number of aromatic amines is 1. The topological polar surface area (TPSA) is 70.1 Å². The number of rotatable bonds is 4. The van der Waals surface area contributed by atoms with Crippen LogP contribution in [0.25, 0.3) is 22.0 Å². The highest BCUT2D eigenvalue weighted by Gasteiger charge is 2.11. The molecule has 0 atom stereocenters. The molecule has 6 heteroatoms. The molecule has 3 aromatic carbocycles. The minimum atomic E-state index is -0.354. The minimum Gasteiger partial charge on any atom is -0.272 e. The first-order chi connectivity index (χ1) is 13.6. The SMILES string of the molecule is C/C(=N/NC(=O)c1cc(-c2ccc3ccccc3c2)n[nH]1)c1ccc(Cl)cc1. The number of fused-ring (bicyclic) bond motifs is 1. The molecule has 0 bridgehead atoms. The lowest BCUT2D eigenvalue weighted by Crippen LogP contribution is -2.19. The Morgan fingerprint density at radius 3 is 2.54 bits per heavy atom. The molecule has 5 nitrogen and oxygen atoms in total. The number of hydrazone groups is 1. The Kier molecular flexibility index (Phi) is 4.91. The van der Waals surface area contributed by atoms with Crippen LogP contribution in [0, 0.1) is 0 Å². The number of aromatic nitrogens is 2. The summed E-state index contributed by atoms with van der Waals surface area (Å²) in [5.41, 5.74) is 6.10. The van der Waals surface area contributed by atoms with Gasteiger partial charge in [0, 0.05) is 10.6 Å². The van der Waals surface area contributed by atoms with Crippen molar-refractivity contribution in [1.82, 2.24) is 15.6 Å². The molecule has 1 aromatic heterocycles. The number of carbonyl (C=O) groups is 1. The molecule has 0 saturated heterocycles. The van der Waals surface area contributed by atoms with Crippen molar-refractivity contribution in [1.29, 1.82) is 0 Å². The zero-order valence-electron chi connectivity index (χ0n) is 15.1. The second-order valence-corrected chi connectivity index (χ2v) is 6.81. The van der Waals surface area contributed by atoms with E-state index >= 15 is 0 Å². The molecule has 4 rings (SSSR count). The average Bonchev–Trinajstić information content (AvgIpc) is 3.22. The van der Waals surface area contributed by atoms with E-state index in [1.807, 2.05) is 49.4 Å². The van der Waals surface area contributed by atoms with Crippen molar-refractivity contribution in [3.8, 4) is 11.3 Å². The maximum Gasteiger partial charge on any atom is 0.289 e. The molecular weight excluding hydrogens is 372 g/mol. The summed E-state index contributed by atoms with van der Waals surface area (Å²) in [7, 11) is 0. The fraction of sp³-hybridized carbons (Fsp3) is 0.0455. The van der Waals surface area contributed by atoms with Crippen LogP contribution in [0.1, 0.15) is 23.0 Å². The third kappa shape index (κ3) is 3.80. The van der Waals surface area contributed by atoms with E-state index in [2.05, 4.69) is 32.9 Å². The van der Waals surface area contributed by atoms with Gasteiger partial charge in [-0.1, -0.05) is 60.1 Å². The molecular formula is C22H17ClN4O. The molecule has 4 aromatic rings. The molecule has 0 fully saturated rings. The highest BCUT2D eigenvalue weighted by Crippen LogP contribution is 2.23. The van der Waals surface area contributed by atoms with Crippen molar-refractivity contribution in [2.24, 2.45) is 5.10 Å². The zero-order valence-corrected chi connectivity index (χ0v) is 15.9. The van der Waals surface area contributed by atoms with Crippen molar-refractivity contribution in [3.63, 3.8) is 0 Å². The third-order valence-corrected chi connectivity index (χ3v) is 4.71. The van der Waals surface area contributed by atoms with Crippen LogP contribution in [-0.4, -0.2) is 21.8 Å². The lowest BCUT2D eigenvalue weighted by molar-refractivity contribution is 0.0950. The van der Waals surface area contributed by atoms with Crippen molar-refractivity contribution >= 4 is 34.0 Å². The van der Waals surface area contributed by atoms with Crippen LogP contribution in [0.2, 0.25) is 5.02 Å². The van der Waals surface area contributed by atoms with Gasteiger partial charge in [-0.15, -0.1) is 0 Å². The molecule has 0 unspecified atom stereocenters. The van der Waals surface area contributed by atoms with E-state index in [1.54, 1.807) is 18.2 Å². The predicted molar refractivity (Wildman–Crippen MR) is 113 cm³/mol. The van der Waals surface area contributed by atoms with Crippen molar-refractivity contribution in [2.75, 3.05) is 0 Å². The lowest BCUT2D eigenvalue weighted by Gasteiger charge is -2.02.